The van der Waals surface area contributed by atoms with Gasteiger partial charge in [0.15, 0.2) is 0 Å². The molecule has 6 heteroatoms. The Labute approximate surface area is 151 Å². The van der Waals surface area contributed by atoms with E-state index in [1.807, 2.05) is 26.0 Å². The maximum atomic E-state index is 12.5. The summed E-state index contributed by atoms with van der Waals surface area (Å²) >= 11 is 0. The highest BCUT2D eigenvalue weighted by atomic mass is 16.5. The van der Waals surface area contributed by atoms with E-state index in [0.717, 1.165) is 22.3 Å². The summed E-state index contributed by atoms with van der Waals surface area (Å²) in [7, 11) is 0. The minimum atomic E-state index is -0.301. The van der Waals surface area contributed by atoms with E-state index in [2.05, 4.69) is 33.7 Å². The van der Waals surface area contributed by atoms with Gasteiger partial charge < -0.3 is 9.84 Å². The summed E-state index contributed by atoms with van der Waals surface area (Å²) in [5.74, 6) is 0.355. The average molecular weight is 351 g/mol. The number of benzene rings is 1. The lowest BCUT2D eigenvalue weighted by Crippen LogP contribution is -2.30. The number of aromatic amines is 1. The van der Waals surface area contributed by atoms with Gasteiger partial charge in [-0.05, 0) is 42.7 Å². The Hall–Kier alpha value is -3.15. The Bertz CT molecular complexity index is 944. The van der Waals surface area contributed by atoms with Crippen molar-refractivity contribution in [2.24, 2.45) is 0 Å². The topological polar surface area (TPSA) is 88.0 Å². The van der Waals surface area contributed by atoms with Crippen LogP contribution in [-0.2, 0) is 11.2 Å². The Kier molecular flexibility index (Phi) is 5.31. The van der Waals surface area contributed by atoms with E-state index in [-0.39, 0.29) is 23.9 Å². The van der Waals surface area contributed by atoms with Gasteiger partial charge in [-0.1, -0.05) is 23.8 Å². The number of H-pyrrole nitrogens is 1. The molecule has 0 aliphatic rings. The number of hydrogen-bond acceptors (Lipinski definition) is 4. The molecule has 0 fully saturated rings. The van der Waals surface area contributed by atoms with Crippen molar-refractivity contribution < 1.29 is 9.32 Å². The van der Waals surface area contributed by atoms with Gasteiger partial charge in [-0.2, -0.15) is 5.16 Å². The second kappa shape index (κ2) is 7.82. The highest BCUT2D eigenvalue weighted by Gasteiger charge is 2.19. The number of rotatable bonds is 6. The third-order valence-corrected chi connectivity index (χ3v) is 4.26. The SMILES string of the molecule is Cc1ccc(C)c([C@@H](NC(=O)CCc2cc(=O)[nH]o2)c2ccncc2)c1. The van der Waals surface area contributed by atoms with Crippen molar-refractivity contribution in [2.45, 2.75) is 32.7 Å². The van der Waals surface area contributed by atoms with Crippen molar-refractivity contribution in [1.82, 2.24) is 15.5 Å². The summed E-state index contributed by atoms with van der Waals surface area (Å²) < 4.78 is 5.00. The molecular weight excluding hydrogens is 330 g/mol. The van der Waals surface area contributed by atoms with E-state index < -0.39 is 0 Å². The molecule has 3 rings (SSSR count). The lowest BCUT2D eigenvalue weighted by atomic mass is 9.94. The van der Waals surface area contributed by atoms with Crippen molar-refractivity contribution in [3.63, 3.8) is 0 Å². The highest BCUT2D eigenvalue weighted by Crippen LogP contribution is 2.25. The number of pyridine rings is 1. The van der Waals surface area contributed by atoms with Gasteiger partial charge in [-0.25, -0.2) is 0 Å². The van der Waals surface area contributed by atoms with Gasteiger partial charge in [0.2, 0.25) is 5.91 Å². The first-order chi connectivity index (χ1) is 12.5. The quantitative estimate of drug-likeness (QED) is 0.715. The first kappa shape index (κ1) is 17.7. The minimum absolute atomic E-state index is 0.114. The molecule has 0 aliphatic carbocycles. The molecule has 3 aromatic rings. The molecule has 1 aromatic carbocycles. The lowest BCUT2D eigenvalue weighted by Gasteiger charge is -2.22. The Morgan fingerprint density at radius 1 is 1.19 bits per heavy atom. The zero-order valence-corrected chi connectivity index (χ0v) is 14.8. The van der Waals surface area contributed by atoms with Crippen molar-refractivity contribution in [3.05, 3.63) is 87.2 Å². The van der Waals surface area contributed by atoms with Crippen LogP contribution in [0.2, 0.25) is 0 Å². The van der Waals surface area contributed by atoms with Crippen LogP contribution in [0.3, 0.4) is 0 Å². The standard InChI is InChI=1S/C20H21N3O3/c1-13-3-4-14(2)17(11-13)20(15-7-9-21-10-8-15)22-18(24)6-5-16-12-19(25)23-26-16/h3-4,7-12,20H,5-6H2,1-2H3,(H,22,24)(H,23,25)/t20-/m0/s1. The molecule has 2 aromatic heterocycles. The Morgan fingerprint density at radius 2 is 1.96 bits per heavy atom. The molecule has 0 aliphatic heterocycles. The van der Waals surface area contributed by atoms with Gasteiger partial charge in [0.05, 0.1) is 6.04 Å². The molecule has 2 heterocycles. The summed E-state index contributed by atoms with van der Waals surface area (Å²) in [6.07, 6.45) is 4.02. The van der Waals surface area contributed by atoms with Crippen molar-refractivity contribution in [1.29, 1.82) is 0 Å². The smallest absolute Gasteiger partial charge is 0.280 e. The largest absolute Gasteiger partial charge is 0.384 e. The predicted molar refractivity (Wildman–Crippen MR) is 97.8 cm³/mol. The van der Waals surface area contributed by atoms with E-state index in [0.29, 0.717) is 12.2 Å². The first-order valence-corrected chi connectivity index (χ1v) is 8.47. The number of amides is 1. The maximum absolute atomic E-state index is 12.5. The van der Waals surface area contributed by atoms with Gasteiger partial charge in [-0.15, -0.1) is 0 Å². The molecule has 0 radical (unpaired) electrons. The van der Waals surface area contributed by atoms with Gasteiger partial charge in [0.1, 0.15) is 5.76 Å². The van der Waals surface area contributed by atoms with Gasteiger partial charge in [0.25, 0.3) is 5.56 Å². The molecule has 1 atom stereocenters. The van der Waals surface area contributed by atoms with E-state index >= 15 is 0 Å². The van der Waals surface area contributed by atoms with Crippen LogP contribution in [0, 0.1) is 13.8 Å². The molecule has 0 saturated heterocycles. The second-order valence-corrected chi connectivity index (χ2v) is 6.32. The fourth-order valence-corrected chi connectivity index (χ4v) is 2.88. The molecular formula is C20H21N3O3. The fraction of sp³-hybridized carbons (Fsp3) is 0.250. The fourth-order valence-electron chi connectivity index (χ4n) is 2.88. The number of carbonyl (C=O) groups is 1. The molecule has 1 amide bonds. The third kappa shape index (κ3) is 4.27. The van der Waals surface area contributed by atoms with Gasteiger partial charge in [0, 0.05) is 31.3 Å². The maximum Gasteiger partial charge on any atom is 0.280 e. The first-order valence-electron chi connectivity index (χ1n) is 8.47. The van der Waals surface area contributed by atoms with Crippen LogP contribution in [0.1, 0.15) is 40.5 Å². The third-order valence-electron chi connectivity index (χ3n) is 4.26. The molecule has 0 unspecified atom stereocenters. The molecule has 26 heavy (non-hydrogen) atoms. The zero-order chi connectivity index (χ0) is 18.5. The number of nitrogens with one attached hydrogen (secondary N) is 2. The highest BCUT2D eigenvalue weighted by molar-refractivity contribution is 5.77. The summed E-state index contributed by atoms with van der Waals surface area (Å²) in [4.78, 5) is 27.7. The average Bonchev–Trinajstić information content (AvgIpc) is 3.06. The molecule has 134 valence electrons. The van der Waals surface area contributed by atoms with Crippen molar-refractivity contribution in [2.75, 3.05) is 0 Å². The van der Waals surface area contributed by atoms with Crippen molar-refractivity contribution in [3.8, 4) is 0 Å². The van der Waals surface area contributed by atoms with Crippen LogP contribution in [0.25, 0.3) is 0 Å². The molecule has 0 spiro atoms. The minimum Gasteiger partial charge on any atom is -0.384 e. The van der Waals surface area contributed by atoms with E-state index in [9.17, 15) is 9.59 Å². The summed E-state index contributed by atoms with van der Waals surface area (Å²) in [6.45, 7) is 4.06. The lowest BCUT2D eigenvalue weighted by molar-refractivity contribution is -0.121. The predicted octanol–water partition coefficient (Wildman–Crippen LogP) is 2.82. The molecule has 2 N–H and O–H groups in total. The number of nitrogens with zero attached hydrogens (tertiary/aromatic N) is 1. The van der Waals surface area contributed by atoms with Crippen LogP contribution in [0.4, 0.5) is 0 Å². The zero-order valence-electron chi connectivity index (χ0n) is 14.8. The van der Waals surface area contributed by atoms with E-state index in [1.165, 1.54) is 6.07 Å². The van der Waals surface area contributed by atoms with Crippen molar-refractivity contribution >= 4 is 5.91 Å². The number of hydrogen-bond donors (Lipinski definition) is 2. The summed E-state index contributed by atoms with van der Waals surface area (Å²) in [5, 5.41) is 5.33. The molecule has 6 nitrogen and oxygen atoms in total. The monoisotopic (exact) mass is 351 g/mol. The number of aromatic nitrogens is 2. The second-order valence-electron chi connectivity index (χ2n) is 6.32. The van der Waals surface area contributed by atoms with E-state index in [1.54, 1.807) is 12.4 Å². The van der Waals surface area contributed by atoms with Crippen LogP contribution in [-0.4, -0.2) is 16.0 Å². The number of aryl methyl sites for hydroxylation is 3. The summed E-state index contributed by atoms with van der Waals surface area (Å²) in [6, 6.07) is 11.1. The number of carbonyl (C=O) groups excluding carboxylic acids is 1. The Balaban J connectivity index is 1.80. The normalized spacial score (nSPS) is 11.9. The van der Waals surface area contributed by atoms with Gasteiger partial charge in [-0.3, -0.25) is 14.6 Å². The summed E-state index contributed by atoms with van der Waals surface area (Å²) in [5.41, 5.74) is 3.96. The van der Waals surface area contributed by atoms with Gasteiger partial charge >= 0.3 is 0 Å². The van der Waals surface area contributed by atoms with Crippen LogP contribution < -0.4 is 10.9 Å². The molecule has 0 bridgehead atoms. The van der Waals surface area contributed by atoms with Crippen LogP contribution in [0.15, 0.2) is 58.1 Å². The van der Waals surface area contributed by atoms with E-state index in [4.69, 9.17) is 4.52 Å². The Morgan fingerprint density at radius 3 is 2.65 bits per heavy atom. The molecule has 0 saturated carbocycles. The van der Waals surface area contributed by atoms with Crippen LogP contribution in [0.5, 0.6) is 0 Å². The van der Waals surface area contributed by atoms with Crippen LogP contribution >= 0.6 is 0 Å².